The first-order valence-corrected chi connectivity index (χ1v) is 5.89. The monoisotopic (exact) mass is 269 g/mol. The van der Waals surface area contributed by atoms with Crippen molar-refractivity contribution in [2.24, 2.45) is 5.41 Å². The second-order valence-electron chi connectivity index (χ2n) is 4.83. The zero-order valence-electron chi connectivity index (χ0n) is 10.6. The summed E-state index contributed by atoms with van der Waals surface area (Å²) in [6, 6.07) is 4.95. The molecule has 0 spiro atoms. The van der Waals surface area contributed by atoms with E-state index in [-0.39, 0.29) is 12.5 Å². The average Bonchev–Trinajstić information content (AvgIpc) is 2.25. The smallest absolute Gasteiger partial charge is 0.310 e. The van der Waals surface area contributed by atoms with Crippen molar-refractivity contribution in [2.75, 3.05) is 6.54 Å². The van der Waals surface area contributed by atoms with Gasteiger partial charge in [0, 0.05) is 17.1 Å². The number of nitrogens with one attached hydrogen (secondary N) is 1. The minimum Gasteiger partial charge on any atom is -0.481 e. The van der Waals surface area contributed by atoms with E-state index in [0.29, 0.717) is 10.6 Å². The molecule has 0 aromatic heterocycles. The third-order valence-corrected chi connectivity index (χ3v) is 2.94. The van der Waals surface area contributed by atoms with Crippen LogP contribution in [0.2, 0.25) is 5.02 Å². The molecule has 4 nitrogen and oxygen atoms in total. The molecule has 0 bridgehead atoms. The predicted molar refractivity (Wildman–Crippen MR) is 69.9 cm³/mol. The summed E-state index contributed by atoms with van der Waals surface area (Å²) in [5.74, 6) is -1.24. The number of aliphatic carboxylic acids is 1. The Morgan fingerprint density at radius 2 is 2.00 bits per heavy atom. The number of carboxylic acids is 1. The number of carbonyl (C=O) groups excluding carboxylic acids is 1. The van der Waals surface area contributed by atoms with Crippen LogP contribution in [0.4, 0.5) is 0 Å². The van der Waals surface area contributed by atoms with Crippen molar-refractivity contribution in [1.82, 2.24) is 5.32 Å². The highest BCUT2D eigenvalue weighted by molar-refractivity contribution is 6.30. The summed E-state index contributed by atoms with van der Waals surface area (Å²) in [7, 11) is 0. The quantitative estimate of drug-likeness (QED) is 0.882. The molecule has 0 aliphatic rings. The number of carbonyl (C=O) groups is 2. The molecule has 98 valence electrons. The molecule has 2 N–H and O–H groups in total. The predicted octanol–water partition coefficient (Wildman–Crippen LogP) is 2.49. The average molecular weight is 270 g/mol. The molecule has 0 radical (unpaired) electrons. The molecule has 0 aliphatic carbocycles. The maximum atomic E-state index is 11.9. The molecule has 1 aromatic rings. The molecule has 0 saturated heterocycles. The highest BCUT2D eigenvalue weighted by Gasteiger charge is 2.27. The summed E-state index contributed by atoms with van der Waals surface area (Å²) >= 11 is 5.80. The molecule has 1 aromatic carbocycles. The molecule has 0 unspecified atom stereocenters. The molecule has 1 amide bonds. The van der Waals surface area contributed by atoms with Gasteiger partial charge in [-0.1, -0.05) is 11.6 Å². The second kappa shape index (κ2) is 5.40. The molecular formula is C13H16ClNO3. The first-order valence-electron chi connectivity index (χ1n) is 5.52. The Morgan fingerprint density at radius 1 is 1.39 bits per heavy atom. The van der Waals surface area contributed by atoms with Crippen LogP contribution in [0.15, 0.2) is 18.2 Å². The first kappa shape index (κ1) is 14.5. The van der Waals surface area contributed by atoms with Gasteiger partial charge >= 0.3 is 5.97 Å². The molecule has 0 aliphatic heterocycles. The maximum absolute atomic E-state index is 11.9. The zero-order valence-corrected chi connectivity index (χ0v) is 11.3. The van der Waals surface area contributed by atoms with Crippen LogP contribution in [0.1, 0.15) is 29.8 Å². The van der Waals surface area contributed by atoms with E-state index in [9.17, 15) is 9.59 Å². The summed E-state index contributed by atoms with van der Waals surface area (Å²) in [4.78, 5) is 22.8. The third kappa shape index (κ3) is 3.47. The molecule has 18 heavy (non-hydrogen) atoms. The van der Waals surface area contributed by atoms with Crippen LogP contribution in [-0.2, 0) is 4.79 Å². The Kier molecular flexibility index (Phi) is 4.35. The number of amides is 1. The largest absolute Gasteiger partial charge is 0.481 e. The number of aryl methyl sites for hydroxylation is 1. The summed E-state index contributed by atoms with van der Waals surface area (Å²) in [6.45, 7) is 4.97. The number of halogens is 1. The third-order valence-electron chi connectivity index (χ3n) is 2.70. The van der Waals surface area contributed by atoms with Crippen LogP contribution in [0, 0.1) is 12.3 Å². The Bertz CT molecular complexity index is 483. The van der Waals surface area contributed by atoms with Crippen LogP contribution in [0.25, 0.3) is 0 Å². The van der Waals surface area contributed by atoms with Crippen molar-refractivity contribution in [3.8, 4) is 0 Å². The molecule has 1 rings (SSSR count). The van der Waals surface area contributed by atoms with Gasteiger partial charge in [-0.2, -0.15) is 0 Å². The SMILES string of the molecule is Cc1cc(Cl)ccc1C(=O)NCC(C)(C)C(=O)O. The fraction of sp³-hybridized carbons (Fsp3) is 0.385. The van der Waals surface area contributed by atoms with E-state index in [4.69, 9.17) is 16.7 Å². The van der Waals surface area contributed by atoms with Gasteiger partial charge in [0.1, 0.15) is 0 Å². The Morgan fingerprint density at radius 3 is 2.50 bits per heavy atom. The van der Waals surface area contributed by atoms with Crippen molar-refractivity contribution >= 4 is 23.5 Å². The summed E-state index contributed by atoms with van der Waals surface area (Å²) in [5.41, 5.74) is 0.268. The van der Waals surface area contributed by atoms with Gasteiger partial charge in [0.2, 0.25) is 0 Å². The van der Waals surface area contributed by atoms with E-state index in [2.05, 4.69) is 5.32 Å². The number of hydrogen-bond acceptors (Lipinski definition) is 2. The van der Waals surface area contributed by atoms with E-state index in [0.717, 1.165) is 5.56 Å². The molecule has 0 saturated carbocycles. The molecular weight excluding hydrogens is 254 g/mol. The lowest BCUT2D eigenvalue weighted by Gasteiger charge is -2.19. The van der Waals surface area contributed by atoms with E-state index in [1.807, 2.05) is 0 Å². The van der Waals surface area contributed by atoms with Gasteiger partial charge in [0.25, 0.3) is 5.91 Å². The highest BCUT2D eigenvalue weighted by atomic mass is 35.5. The Hall–Kier alpha value is -1.55. The van der Waals surface area contributed by atoms with Gasteiger partial charge in [-0.25, -0.2) is 0 Å². The second-order valence-corrected chi connectivity index (χ2v) is 5.27. The molecule has 0 fully saturated rings. The van der Waals surface area contributed by atoms with E-state index in [1.165, 1.54) is 0 Å². The van der Waals surface area contributed by atoms with Crippen molar-refractivity contribution < 1.29 is 14.7 Å². The van der Waals surface area contributed by atoms with Crippen molar-refractivity contribution in [1.29, 1.82) is 0 Å². The normalized spacial score (nSPS) is 11.1. The zero-order chi connectivity index (χ0) is 13.9. The lowest BCUT2D eigenvalue weighted by molar-refractivity contribution is -0.146. The van der Waals surface area contributed by atoms with Gasteiger partial charge in [0.05, 0.1) is 5.41 Å². The van der Waals surface area contributed by atoms with Gasteiger partial charge in [-0.15, -0.1) is 0 Å². The highest BCUT2D eigenvalue weighted by Crippen LogP contribution is 2.17. The lowest BCUT2D eigenvalue weighted by atomic mass is 9.93. The topological polar surface area (TPSA) is 66.4 Å². The summed E-state index contributed by atoms with van der Waals surface area (Å²) in [6.07, 6.45) is 0. The van der Waals surface area contributed by atoms with Crippen LogP contribution >= 0.6 is 11.6 Å². The van der Waals surface area contributed by atoms with Crippen molar-refractivity contribution in [3.63, 3.8) is 0 Å². The standard InChI is InChI=1S/C13H16ClNO3/c1-8-6-9(14)4-5-10(8)11(16)15-7-13(2,3)12(17)18/h4-6H,7H2,1-3H3,(H,15,16)(H,17,18). The van der Waals surface area contributed by atoms with Crippen molar-refractivity contribution in [3.05, 3.63) is 34.3 Å². The minimum absolute atomic E-state index is 0.0727. The Balaban J connectivity index is 2.75. The number of carboxylic acid groups (broad SMARTS) is 1. The van der Waals surface area contributed by atoms with Gasteiger partial charge in [-0.05, 0) is 44.5 Å². The van der Waals surface area contributed by atoms with Gasteiger partial charge < -0.3 is 10.4 Å². The first-order chi connectivity index (χ1) is 8.24. The minimum atomic E-state index is -0.990. The number of benzene rings is 1. The molecule has 5 heteroatoms. The fourth-order valence-electron chi connectivity index (χ4n) is 1.35. The number of hydrogen-bond donors (Lipinski definition) is 2. The molecule has 0 heterocycles. The van der Waals surface area contributed by atoms with Crippen molar-refractivity contribution in [2.45, 2.75) is 20.8 Å². The van der Waals surface area contributed by atoms with E-state index < -0.39 is 11.4 Å². The molecule has 0 atom stereocenters. The number of rotatable bonds is 4. The fourth-order valence-corrected chi connectivity index (χ4v) is 1.58. The van der Waals surface area contributed by atoms with E-state index >= 15 is 0 Å². The van der Waals surface area contributed by atoms with E-state index in [1.54, 1.807) is 39.0 Å². The summed E-state index contributed by atoms with van der Waals surface area (Å²) in [5, 5.41) is 12.1. The van der Waals surface area contributed by atoms with Crippen LogP contribution in [0.3, 0.4) is 0 Å². The van der Waals surface area contributed by atoms with Gasteiger partial charge in [-0.3, -0.25) is 9.59 Å². The van der Waals surface area contributed by atoms with Crippen LogP contribution in [-0.4, -0.2) is 23.5 Å². The van der Waals surface area contributed by atoms with Gasteiger partial charge in [0.15, 0.2) is 0 Å². The lowest BCUT2D eigenvalue weighted by Crippen LogP contribution is -2.39. The van der Waals surface area contributed by atoms with Crippen LogP contribution in [0.5, 0.6) is 0 Å². The Labute approximate surface area is 111 Å². The summed E-state index contributed by atoms with van der Waals surface area (Å²) < 4.78 is 0. The van der Waals surface area contributed by atoms with Crippen LogP contribution < -0.4 is 5.32 Å². The maximum Gasteiger partial charge on any atom is 0.310 e.